The minimum atomic E-state index is -0.614. The van der Waals surface area contributed by atoms with E-state index in [1.807, 2.05) is 19.1 Å². The van der Waals surface area contributed by atoms with Crippen molar-refractivity contribution in [2.45, 2.75) is 13.5 Å². The van der Waals surface area contributed by atoms with Gasteiger partial charge in [0.15, 0.2) is 0 Å². The molecule has 98 valence electrons. The van der Waals surface area contributed by atoms with E-state index >= 15 is 0 Å². The Bertz CT molecular complexity index is 617. The molecule has 3 N–H and O–H groups in total. The average Bonchev–Trinajstić information content (AvgIpc) is 2.37. The van der Waals surface area contributed by atoms with E-state index in [-0.39, 0.29) is 10.8 Å². The van der Waals surface area contributed by atoms with Crippen LogP contribution in [0.2, 0.25) is 5.28 Å². The van der Waals surface area contributed by atoms with Crippen molar-refractivity contribution in [2.24, 2.45) is 5.73 Å². The smallest absolute Gasteiger partial charge is 0.254 e. The van der Waals surface area contributed by atoms with Crippen LogP contribution in [-0.2, 0) is 6.54 Å². The number of aromatic nitrogens is 3. The number of nitrogens with two attached hydrogens (primary N) is 1. The predicted molar refractivity (Wildman–Crippen MR) is 71.9 cm³/mol. The monoisotopic (exact) mass is 277 g/mol. The highest BCUT2D eigenvalue weighted by atomic mass is 35.5. The van der Waals surface area contributed by atoms with Gasteiger partial charge in [-0.25, -0.2) is 4.98 Å². The van der Waals surface area contributed by atoms with E-state index in [0.29, 0.717) is 12.4 Å². The molecule has 0 atom stereocenters. The highest BCUT2D eigenvalue weighted by Crippen LogP contribution is 2.15. The molecule has 0 aliphatic carbocycles. The molecule has 2 rings (SSSR count). The second-order valence-corrected chi connectivity index (χ2v) is 4.22. The van der Waals surface area contributed by atoms with Crippen molar-refractivity contribution in [2.75, 3.05) is 5.32 Å². The molecule has 0 aromatic carbocycles. The summed E-state index contributed by atoms with van der Waals surface area (Å²) in [5, 5.41) is 3.04. The minimum absolute atomic E-state index is 0.0465. The molecule has 0 fully saturated rings. The van der Waals surface area contributed by atoms with Gasteiger partial charge in [0.2, 0.25) is 5.28 Å². The molecular weight excluding hydrogens is 266 g/mol. The van der Waals surface area contributed by atoms with E-state index in [1.54, 1.807) is 6.20 Å². The molecule has 6 nitrogen and oxygen atoms in total. The van der Waals surface area contributed by atoms with Gasteiger partial charge in [-0.05, 0) is 30.2 Å². The third-order valence-electron chi connectivity index (χ3n) is 2.57. The number of aryl methyl sites for hydroxylation is 1. The number of carbonyl (C=O) groups excluding carboxylic acids is 1. The maximum atomic E-state index is 11.3. The van der Waals surface area contributed by atoms with E-state index in [9.17, 15) is 4.79 Å². The highest BCUT2D eigenvalue weighted by Gasteiger charge is 2.11. The maximum Gasteiger partial charge on any atom is 0.254 e. The molecule has 1 amide bonds. The first-order valence-electron chi connectivity index (χ1n) is 5.54. The van der Waals surface area contributed by atoms with Crippen LogP contribution in [0, 0.1) is 6.92 Å². The average molecular weight is 278 g/mol. The van der Waals surface area contributed by atoms with Gasteiger partial charge in [0.1, 0.15) is 5.82 Å². The molecule has 0 unspecified atom stereocenters. The molecule has 0 saturated carbocycles. The van der Waals surface area contributed by atoms with Crippen LogP contribution in [0.1, 0.15) is 21.6 Å². The van der Waals surface area contributed by atoms with Gasteiger partial charge in [-0.3, -0.25) is 9.78 Å². The summed E-state index contributed by atoms with van der Waals surface area (Å²) in [6.45, 7) is 2.37. The predicted octanol–water partition coefficient (Wildman–Crippen LogP) is 1.54. The largest absolute Gasteiger partial charge is 0.365 e. The van der Waals surface area contributed by atoms with Gasteiger partial charge in [0, 0.05) is 12.4 Å². The SMILES string of the molecule is Cc1cccnc1CNc1nc(Cl)ncc1C(N)=O. The van der Waals surface area contributed by atoms with Gasteiger partial charge in [0.25, 0.3) is 5.91 Å². The lowest BCUT2D eigenvalue weighted by Crippen LogP contribution is -2.16. The van der Waals surface area contributed by atoms with Crippen molar-refractivity contribution in [3.05, 3.63) is 46.6 Å². The lowest BCUT2D eigenvalue weighted by molar-refractivity contribution is 0.100. The van der Waals surface area contributed by atoms with Crippen molar-refractivity contribution in [3.63, 3.8) is 0 Å². The van der Waals surface area contributed by atoms with E-state index in [1.165, 1.54) is 6.20 Å². The number of carbonyl (C=O) groups is 1. The molecular formula is C12H12ClN5O. The topological polar surface area (TPSA) is 93.8 Å². The summed E-state index contributed by atoms with van der Waals surface area (Å²) in [4.78, 5) is 23.2. The molecule has 2 heterocycles. The van der Waals surface area contributed by atoms with Crippen molar-refractivity contribution in [3.8, 4) is 0 Å². The molecule has 0 radical (unpaired) electrons. The van der Waals surface area contributed by atoms with Crippen LogP contribution in [0.3, 0.4) is 0 Å². The van der Waals surface area contributed by atoms with Crippen LogP contribution in [0.15, 0.2) is 24.5 Å². The van der Waals surface area contributed by atoms with Crippen LogP contribution in [-0.4, -0.2) is 20.9 Å². The summed E-state index contributed by atoms with van der Waals surface area (Å²) in [6, 6.07) is 3.81. The summed E-state index contributed by atoms with van der Waals surface area (Å²) in [5.41, 5.74) is 7.33. The molecule has 0 aliphatic heterocycles. The van der Waals surface area contributed by atoms with Crippen LogP contribution in [0.4, 0.5) is 5.82 Å². The summed E-state index contributed by atoms with van der Waals surface area (Å²) in [5.74, 6) is -0.311. The van der Waals surface area contributed by atoms with Gasteiger partial charge >= 0.3 is 0 Å². The normalized spacial score (nSPS) is 10.2. The Morgan fingerprint density at radius 1 is 1.47 bits per heavy atom. The fourth-order valence-electron chi connectivity index (χ4n) is 1.55. The lowest BCUT2D eigenvalue weighted by atomic mass is 10.2. The van der Waals surface area contributed by atoms with Crippen molar-refractivity contribution in [1.82, 2.24) is 15.0 Å². The number of nitrogens with one attached hydrogen (secondary N) is 1. The van der Waals surface area contributed by atoms with Crippen LogP contribution < -0.4 is 11.1 Å². The Morgan fingerprint density at radius 3 is 2.95 bits per heavy atom. The van der Waals surface area contributed by atoms with Crippen molar-refractivity contribution >= 4 is 23.3 Å². The molecule has 0 spiro atoms. The Kier molecular flexibility index (Phi) is 3.91. The zero-order valence-electron chi connectivity index (χ0n) is 10.2. The zero-order chi connectivity index (χ0) is 13.8. The molecule has 0 saturated heterocycles. The summed E-state index contributed by atoms with van der Waals surface area (Å²) in [7, 11) is 0. The van der Waals surface area contributed by atoms with Gasteiger partial charge < -0.3 is 11.1 Å². The standard InChI is InChI=1S/C12H12ClN5O/c1-7-3-2-4-15-9(7)6-16-11-8(10(14)19)5-17-12(13)18-11/h2-5H,6H2,1H3,(H2,14,19)(H,16,17,18). The minimum Gasteiger partial charge on any atom is -0.365 e. The number of anilines is 1. The number of hydrogen-bond donors (Lipinski definition) is 2. The number of pyridine rings is 1. The number of amides is 1. The third kappa shape index (κ3) is 3.17. The molecule has 0 bridgehead atoms. The number of primary amides is 1. The first-order valence-corrected chi connectivity index (χ1v) is 5.92. The summed E-state index contributed by atoms with van der Waals surface area (Å²) >= 11 is 5.70. The second-order valence-electron chi connectivity index (χ2n) is 3.89. The molecule has 2 aromatic rings. The summed E-state index contributed by atoms with van der Waals surface area (Å²) in [6.07, 6.45) is 3.00. The van der Waals surface area contributed by atoms with Crippen LogP contribution in [0.25, 0.3) is 0 Å². The number of rotatable bonds is 4. The first-order chi connectivity index (χ1) is 9.08. The molecule has 0 aliphatic rings. The Labute approximate surface area is 115 Å². The Balaban J connectivity index is 2.22. The second kappa shape index (κ2) is 5.62. The maximum absolute atomic E-state index is 11.3. The molecule has 19 heavy (non-hydrogen) atoms. The van der Waals surface area contributed by atoms with Gasteiger partial charge in [0.05, 0.1) is 17.8 Å². The Morgan fingerprint density at radius 2 is 2.26 bits per heavy atom. The van der Waals surface area contributed by atoms with Crippen molar-refractivity contribution < 1.29 is 4.79 Å². The van der Waals surface area contributed by atoms with Crippen LogP contribution in [0.5, 0.6) is 0 Å². The van der Waals surface area contributed by atoms with E-state index in [4.69, 9.17) is 17.3 Å². The van der Waals surface area contributed by atoms with Gasteiger partial charge in [-0.1, -0.05) is 6.07 Å². The van der Waals surface area contributed by atoms with E-state index in [0.717, 1.165) is 11.3 Å². The number of halogens is 1. The zero-order valence-corrected chi connectivity index (χ0v) is 11.0. The fourth-order valence-corrected chi connectivity index (χ4v) is 1.68. The van der Waals surface area contributed by atoms with E-state index < -0.39 is 5.91 Å². The molecule has 7 heteroatoms. The fraction of sp³-hybridized carbons (Fsp3) is 0.167. The lowest BCUT2D eigenvalue weighted by Gasteiger charge is -2.09. The van der Waals surface area contributed by atoms with Crippen LogP contribution >= 0.6 is 11.6 Å². The number of nitrogens with zero attached hydrogens (tertiary/aromatic N) is 3. The number of hydrogen-bond acceptors (Lipinski definition) is 5. The first kappa shape index (κ1) is 13.2. The Hall–Kier alpha value is -2.21. The highest BCUT2D eigenvalue weighted by molar-refractivity contribution is 6.28. The quantitative estimate of drug-likeness (QED) is 0.827. The third-order valence-corrected chi connectivity index (χ3v) is 2.75. The van der Waals surface area contributed by atoms with Crippen molar-refractivity contribution in [1.29, 1.82) is 0 Å². The van der Waals surface area contributed by atoms with Gasteiger partial charge in [-0.2, -0.15) is 4.98 Å². The van der Waals surface area contributed by atoms with E-state index in [2.05, 4.69) is 20.3 Å². The molecule has 2 aromatic heterocycles. The summed E-state index contributed by atoms with van der Waals surface area (Å²) < 4.78 is 0. The van der Waals surface area contributed by atoms with Gasteiger partial charge in [-0.15, -0.1) is 0 Å².